The van der Waals surface area contributed by atoms with Gasteiger partial charge in [0, 0.05) is 19.3 Å². The molecule has 2 aromatic rings. The van der Waals surface area contributed by atoms with E-state index in [1.54, 1.807) is 24.3 Å². The van der Waals surface area contributed by atoms with E-state index >= 15 is 0 Å². The van der Waals surface area contributed by atoms with Crippen molar-refractivity contribution in [1.82, 2.24) is 19.9 Å². The number of carbonyl (C=O) groups excluding carboxylic acids is 1. The van der Waals surface area contributed by atoms with E-state index in [0.29, 0.717) is 24.1 Å². The number of nitrogens with zero attached hydrogens (tertiary/aromatic N) is 6. The number of benzene rings is 1. The van der Waals surface area contributed by atoms with Crippen molar-refractivity contribution in [2.75, 3.05) is 6.54 Å². The first-order valence-electron chi connectivity index (χ1n) is 9.44. The second-order valence-corrected chi connectivity index (χ2v) is 7.01. The summed E-state index contributed by atoms with van der Waals surface area (Å²) in [7, 11) is 0. The molecule has 1 aromatic heterocycles. The minimum absolute atomic E-state index is 0.0372. The Kier molecular flexibility index (Phi) is 6.68. The maximum absolute atomic E-state index is 13.3. The van der Waals surface area contributed by atoms with Crippen LogP contribution in [0.2, 0.25) is 0 Å². The average Bonchev–Trinajstić information content (AvgIpc) is 3.28. The molecular weight excluding hydrogens is 417 g/mol. The molecule has 3 rings (SSSR count). The number of para-hydroxylation sites is 1. The minimum atomic E-state index is -4.98. The zero-order valence-electron chi connectivity index (χ0n) is 16.6. The lowest BCUT2D eigenvalue weighted by Crippen LogP contribution is -2.48. The van der Waals surface area contributed by atoms with Crippen LogP contribution in [0.25, 0.3) is 5.69 Å². The highest BCUT2D eigenvalue weighted by Gasteiger charge is 2.44. The summed E-state index contributed by atoms with van der Waals surface area (Å²) in [4.78, 5) is 24.5. The number of hydrogen-bond donors (Lipinski definition) is 1. The Morgan fingerprint density at radius 3 is 2.61 bits per heavy atom. The van der Waals surface area contributed by atoms with Gasteiger partial charge in [-0.05, 0) is 31.9 Å². The topological polar surface area (TPSA) is 105 Å². The van der Waals surface area contributed by atoms with Gasteiger partial charge in [-0.1, -0.05) is 17.3 Å². The van der Waals surface area contributed by atoms with E-state index < -0.39 is 24.2 Å². The normalized spacial score (nSPS) is 20.9. The summed E-state index contributed by atoms with van der Waals surface area (Å²) < 4.78 is 38.7. The van der Waals surface area contributed by atoms with Crippen molar-refractivity contribution in [3.63, 3.8) is 0 Å². The van der Waals surface area contributed by atoms with Crippen molar-refractivity contribution in [2.24, 2.45) is 10.1 Å². The number of aliphatic hydroxyl groups is 1. The molecule has 0 spiro atoms. The maximum atomic E-state index is 13.3. The fourth-order valence-corrected chi connectivity index (χ4v) is 3.33. The summed E-state index contributed by atoms with van der Waals surface area (Å²) in [6.45, 7) is 4.86. The van der Waals surface area contributed by atoms with Crippen molar-refractivity contribution in [1.29, 1.82) is 0 Å². The van der Waals surface area contributed by atoms with Gasteiger partial charge in [0.15, 0.2) is 0 Å². The quantitative estimate of drug-likeness (QED) is 0.438. The number of aliphatic hydroxyl groups excluding tert-OH is 1. The van der Waals surface area contributed by atoms with E-state index in [0.717, 1.165) is 0 Å². The first-order valence-corrected chi connectivity index (χ1v) is 9.44. The number of carbonyl (C=O) groups is 1. The Bertz CT molecular complexity index is 948. The Morgan fingerprint density at radius 1 is 1.29 bits per heavy atom. The first kappa shape index (κ1) is 22.4. The Hall–Kier alpha value is -3.28. The number of amides is 1. The Morgan fingerprint density at radius 2 is 1.97 bits per heavy atom. The van der Waals surface area contributed by atoms with Gasteiger partial charge in [-0.3, -0.25) is 4.79 Å². The number of aliphatic imine (C=N–C) groups is 1. The van der Waals surface area contributed by atoms with Gasteiger partial charge >= 0.3 is 6.18 Å². The number of oxime groups is 1. The van der Waals surface area contributed by atoms with E-state index in [4.69, 9.17) is 0 Å². The molecule has 2 unspecified atom stereocenters. The highest BCUT2D eigenvalue weighted by molar-refractivity contribution is 5.98. The number of rotatable bonds is 5. The fraction of sp³-hybridized carbons (Fsp3) is 0.421. The molecule has 1 saturated heterocycles. The predicted octanol–water partition coefficient (Wildman–Crippen LogP) is 2.21. The van der Waals surface area contributed by atoms with E-state index in [-0.39, 0.29) is 18.5 Å². The van der Waals surface area contributed by atoms with Gasteiger partial charge in [-0.25, -0.2) is 4.99 Å². The van der Waals surface area contributed by atoms with Gasteiger partial charge in [0.05, 0.1) is 29.7 Å². The standard InChI is InChI=1S/C19H21F3N6O3/c1-12-7-8-13(26-17(31-23-2)16(29)19(20,21)22)11-27(12)18(30)14-5-3-4-6-15(14)28-24-9-10-25-28/h3-6,9-10,12-13,16,29H,2,7-8,11H2,1H3/b26-17-/t12-,13?,16?/m1/s1. The minimum Gasteiger partial charge on any atom is -0.376 e. The summed E-state index contributed by atoms with van der Waals surface area (Å²) in [5.41, 5.74) is 0.817. The van der Waals surface area contributed by atoms with Crippen molar-refractivity contribution < 1.29 is 27.9 Å². The van der Waals surface area contributed by atoms with Gasteiger partial charge < -0.3 is 14.8 Å². The zero-order valence-corrected chi connectivity index (χ0v) is 16.6. The van der Waals surface area contributed by atoms with Crippen molar-refractivity contribution in [3.05, 3.63) is 42.2 Å². The number of alkyl halides is 3. The molecule has 31 heavy (non-hydrogen) atoms. The van der Waals surface area contributed by atoms with E-state index in [1.165, 1.54) is 22.1 Å². The number of hydrogen-bond acceptors (Lipinski definition) is 7. The van der Waals surface area contributed by atoms with E-state index in [1.807, 2.05) is 6.92 Å². The van der Waals surface area contributed by atoms with Crippen LogP contribution < -0.4 is 0 Å². The summed E-state index contributed by atoms with van der Waals surface area (Å²) in [5.74, 6) is -1.34. The molecule has 2 heterocycles. The van der Waals surface area contributed by atoms with Crippen LogP contribution in [-0.2, 0) is 4.84 Å². The molecule has 1 aliphatic heterocycles. The second kappa shape index (κ2) is 9.25. The molecule has 3 atom stereocenters. The lowest BCUT2D eigenvalue weighted by Gasteiger charge is -2.37. The van der Waals surface area contributed by atoms with Crippen molar-refractivity contribution >= 4 is 18.5 Å². The average molecular weight is 438 g/mol. The van der Waals surface area contributed by atoms with Crippen LogP contribution in [0.5, 0.6) is 0 Å². The highest BCUT2D eigenvalue weighted by Crippen LogP contribution is 2.26. The highest BCUT2D eigenvalue weighted by atomic mass is 19.4. The van der Waals surface area contributed by atoms with E-state index in [2.05, 4.69) is 31.9 Å². The number of likely N-dealkylation sites (tertiary alicyclic amines) is 1. The van der Waals surface area contributed by atoms with Gasteiger partial charge in [0.1, 0.15) is 0 Å². The molecule has 166 valence electrons. The van der Waals surface area contributed by atoms with Gasteiger partial charge in [-0.15, -0.1) is 0 Å². The fourth-order valence-electron chi connectivity index (χ4n) is 3.33. The Balaban J connectivity index is 1.86. The third kappa shape index (κ3) is 5.08. The molecular formula is C19H21F3N6O3. The third-order valence-electron chi connectivity index (χ3n) is 4.90. The zero-order chi connectivity index (χ0) is 22.6. The molecule has 0 radical (unpaired) electrons. The number of piperidine rings is 1. The van der Waals surface area contributed by atoms with Crippen LogP contribution in [0.4, 0.5) is 13.2 Å². The van der Waals surface area contributed by atoms with Crippen LogP contribution >= 0.6 is 0 Å². The van der Waals surface area contributed by atoms with Crippen LogP contribution in [0.3, 0.4) is 0 Å². The lowest BCUT2D eigenvalue weighted by atomic mass is 9.98. The molecule has 0 bridgehead atoms. The molecule has 1 fully saturated rings. The summed E-state index contributed by atoms with van der Waals surface area (Å²) >= 11 is 0. The Labute approximate surface area is 175 Å². The molecule has 1 amide bonds. The maximum Gasteiger partial charge on any atom is 0.423 e. The molecule has 1 aliphatic rings. The van der Waals surface area contributed by atoms with Crippen LogP contribution in [0.15, 0.2) is 46.8 Å². The summed E-state index contributed by atoms with van der Waals surface area (Å²) in [6, 6.07) is 5.87. The van der Waals surface area contributed by atoms with Crippen molar-refractivity contribution in [2.45, 2.75) is 44.1 Å². The molecule has 0 aliphatic carbocycles. The largest absolute Gasteiger partial charge is 0.423 e. The van der Waals surface area contributed by atoms with Gasteiger partial charge in [0.25, 0.3) is 11.8 Å². The van der Waals surface area contributed by atoms with Crippen LogP contribution in [0.1, 0.15) is 30.1 Å². The second-order valence-electron chi connectivity index (χ2n) is 7.01. The number of halogens is 3. The molecule has 1 N–H and O–H groups in total. The molecule has 12 heteroatoms. The van der Waals surface area contributed by atoms with Crippen LogP contribution in [-0.4, -0.2) is 74.4 Å². The molecule has 1 aromatic carbocycles. The third-order valence-corrected chi connectivity index (χ3v) is 4.90. The summed E-state index contributed by atoms with van der Waals surface area (Å²) in [5, 5.41) is 20.6. The van der Waals surface area contributed by atoms with Gasteiger partial charge in [0.2, 0.25) is 6.10 Å². The van der Waals surface area contributed by atoms with Gasteiger partial charge in [-0.2, -0.15) is 28.2 Å². The van der Waals surface area contributed by atoms with Crippen molar-refractivity contribution in [3.8, 4) is 5.69 Å². The number of aromatic nitrogens is 3. The predicted molar refractivity (Wildman–Crippen MR) is 105 cm³/mol. The lowest BCUT2D eigenvalue weighted by molar-refractivity contribution is -0.185. The smallest absolute Gasteiger partial charge is 0.376 e. The first-order chi connectivity index (χ1) is 14.7. The SMILES string of the molecule is C=NO/C(=N\C1CC[C@@H](C)N(C(=O)c2ccccc2-n2nccn2)C1)C(O)C(F)(F)F. The molecule has 0 saturated carbocycles. The van der Waals surface area contributed by atoms with E-state index in [9.17, 15) is 23.1 Å². The monoisotopic (exact) mass is 438 g/mol. The summed E-state index contributed by atoms with van der Waals surface area (Å²) in [6.07, 6.45) is -4.04. The van der Waals surface area contributed by atoms with Crippen LogP contribution in [0, 0.1) is 0 Å². The molecule has 9 nitrogen and oxygen atoms in total.